The Hall–Kier alpha value is -3.66. The molecule has 0 bridgehead atoms. The number of rotatable bonds is 7. The lowest BCUT2D eigenvalue weighted by Gasteiger charge is -2.23. The van der Waals surface area contributed by atoms with E-state index >= 15 is 0 Å². The largest absolute Gasteiger partial charge is 0.354 e. The molecule has 0 amide bonds. The molecule has 1 N–H and O–H groups in total. The summed E-state index contributed by atoms with van der Waals surface area (Å²) in [5, 5.41) is 15.2. The molecule has 5 aromatic rings. The lowest BCUT2D eigenvalue weighted by molar-refractivity contribution is -0.382. The smallest absolute Gasteiger partial charge is 0.288 e. The van der Waals surface area contributed by atoms with Crippen LogP contribution in [-0.4, -0.2) is 27.0 Å². The molecule has 8 nitrogen and oxygen atoms in total. The highest BCUT2D eigenvalue weighted by Crippen LogP contribution is 2.46. The number of hydrogen-bond donors (Lipinski definition) is 1. The molecule has 0 atom stereocenters. The number of nitro groups is 1. The van der Waals surface area contributed by atoms with Gasteiger partial charge >= 0.3 is 0 Å². The minimum absolute atomic E-state index is 0.0790. The lowest BCUT2D eigenvalue weighted by Crippen LogP contribution is -2.06. The Morgan fingerprint density at radius 3 is 2.56 bits per heavy atom. The van der Waals surface area contributed by atoms with E-state index < -0.39 is 0 Å². The van der Waals surface area contributed by atoms with Crippen molar-refractivity contribution in [1.82, 2.24) is 15.0 Å². The summed E-state index contributed by atoms with van der Waals surface area (Å²) in [4.78, 5) is 36.2. The average Bonchev–Trinajstić information content (AvgIpc) is 3.49. The molecule has 1 aliphatic rings. The zero-order chi connectivity index (χ0) is 27.1. The van der Waals surface area contributed by atoms with Crippen molar-refractivity contribution in [3.05, 3.63) is 74.4 Å². The Labute approximate surface area is 230 Å². The summed E-state index contributed by atoms with van der Waals surface area (Å²) in [5.41, 5.74) is 6.89. The maximum absolute atomic E-state index is 12.6. The van der Waals surface area contributed by atoms with E-state index in [1.807, 2.05) is 50.2 Å². The first-order valence-corrected chi connectivity index (χ1v) is 14.1. The van der Waals surface area contributed by atoms with Gasteiger partial charge < -0.3 is 4.98 Å². The van der Waals surface area contributed by atoms with Crippen LogP contribution in [0, 0.1) is 24.0 Å². The summed E-state index contributed by atoms with van der Waals surface area (Å²) >= 11 is 1.58. The van der Waals surface area contributed by atoms with Crippen LogP contribution in [0.4, 0.5) is 5.69 Å². The van der Waals surface area contributed by atoms with Crippen molar-refractivity contribution in [2.24, 2.45) is 0 Å². The third kappa shape index (κ3) is 4.71. The van der Waals surface area contributed by atoms with Crippen molar-refractivity contribution in [1.29, 1.82) is 0 Å². The number of benzene rings is 2. The van der Waals surface area contributed by atoms with Gasteiger partial charge in [0.1, 0.15) is 6.61 Å². The summed E-state index contributed by atoms with van der Waals surface area (Å²) in [6.07, 6.45) is 5.72. The first kappa shape index (κ1) is 25.6. The highest BCUT2D eigenvalue weighted by Gasteiger charge is 2.29. The molecule has 6 rings (SSSR count). The minimum Gasteiger partial charge on any atom is -0.354 e. The molecule has 1 fully saturated rings. The molecule has 0 spiro atoms. The SMILES string of the molecule is COOCc1ccc2c(C3CCCCC3)c(-c3ccc4nc(-c5sc(C)nc5C)ccc4c3[N+](=O)[O-])[nH]c2c1. The van der Waals surface area contributed by atoms with Crippen LogP contribution in [-0.2, 0) is 16.4 Å². The van der Waals surface area contributed by atoms with Gasteiger partial charge in [-0.05, 0) is 74.1 Å². The van der Waals surface area contributed by atoms with E-state index in [0.717, 1.165) is 56.3 Å². The zero-order valence-electron chi connectivity index (χ0n) is 22.2. The maximum atomic E-state index is 12.6. The van der Waals surface area contributed by atoms with Crippen molar-refractivity contribution < 1.29 is 14.7 Å². The van der Waals surface area contributed by atoms with Crippen LogP contribution in [0.3, 0.4) is 0 Å². The Morgan fingerprint density at radius 1 is 1.05 bits per heavy atom. The summed E-state index contributed by atoms with van der Waals surface area (Å²) < 4.78 is 0. The molecular weight excluding hydrogens is 512 g/mol. The fourth-order valence-electron chi connectivity index (χ4n) is 5.99. The number of fused-ring (bicyclic) bond motifs is 2. The summed E-state index contributed by atoms with van der Waals surface area (Å²) in [7, 11) is 1.49. The van der Waals surface area contributed by atoms with E-state index in [9.17, 15) is 10.1 Å². The van der Waals surface area contributed by atoms with Crippen LogP contribution in [0.25, 0.3) is 43.6 Å². The van der Waals surface area contributed by atoms with Gasteiger partial charge in [0.2, 0.25) is 0 Å². The maximum Gasteiger partial charge on any atom is 0.288 e. The summed E-state index contributed by atoms with van der Waals surface area (Å²) in [5.74, 6) is 0.344. The predicted molar refractivity (Wildman–Crippen MR) is 154 cm³/mol. The van der Waals surface area contributed by atoms with Crippen molar-refractivity contribution in [3.63, 3.8) is 0 Å². The second-order valence-corrected chi connectivity index (χ2v) is 11.4. The molecule has 0 unspecified atom stereocenters. The molecule has 39 heavy (non-hydrogen) atoms. The Bertz CT molecular complexity index is 1700. The van der Waals surface area contributed by atoms with Gasteiger partial charge in [-0.3, -0.25) is 10.1 Å². The molecule has 3 aromatic heterocycles. The Kier molecular flexibility index (Phi) is 6.88. The molecular formula is C30H30N4O4S. The quantitative estimate of drug-likeness (QED) is 0.126. The van der Waals surface area contributed by atoms with E-state index in [0.29, 0.717) is 29.0 Å². The number of hydrogen-bond acceptors (Lipinski definition) is 7. The average molecular weight is 543 g/mol. The topological polar surface area (TPSA) is 103 Å². The van der Waals surface area contributed by atoms with Crippen molar-refractivity contribution in [2.45, 2.75) is 58.5 Å². The van der Waals surface area contributed by atoms with Crippen molar-refractivity contribution >= 4 is 38.8 Å². The molecule has 0 radical (unpaired) electrons. The van der Waals surface area contributed by atoms with Crippen LogP contribution in [0.1, 0.15) is 59.9 Å². The predicted octanol–water partition coefficient (Wildman–Crippen LogP) is 8.16. The second-order valence-electron chi connectivity index (χ2n) is 10.2. The number of pyridine rings is 1. The number of thiazole rings is 1. The van der Waals surface area contributed by atoms with Crippen LogP contribution >= 0.6 is 11.3 Å². The second kappa shape index (κ2) is 10.5. The number of nitro benzene ring substituents is 1. The highest BCUT2D eigenvalue weighted by molar-refractivity contribution is 7.15. The van der Waals surface area contributed by atoms with Gasteiger partial charge in [-0.25, -0.2) is 19.7 Å². The highest BCUT2D eigenvalue weighted by atomic mass is 32.1. The van der Waals surface area contributed by atoms with Gasteiger partial charge in [0, 0.05) is 10.9 Å². The first-order chi connectivity index (χ1) is 18.9. The van der Waals surface area contributed by atoms with Gasteiger partial charge in [0.15, 0.2) is 0 Å². The minimum atomic E-state index is -0.269. The summed E-state index contributed by atoms with van der Waals surface area (Å²) in [6.45, 7) is 4.26. The molecule has 1 saturated carbocycles. The normalized spacial score (nSPS) is 14.4. The fourth-order valence-corrected chi connectivity index (χ4v) is 6.88. The van der Waals surface area contributed by atoms with Gasteiger partial charge in [0.05, 0.1) is 55.5 Å². The molecule has 0 saturated heterocycles. The standard InChI is InChI=1S/C30H30N4O4S/c1-17-30(39-18(2)31-17)25-14-11-22-24(32-25)13-12-23(29(22)34(35)36)28-27(20-7-5-4-6-8-20)21-10-9-19(16-38-37-3)15-26(21)33-28/h9-15,20,33H,4-8,16H2,1-3H3. The van der Waals surface area contributed by atoms with Gasteiger partial charge in [-0.2, -0.15) is 0 Å². The van der Waals surface area contributed by atoms with Gasteiger partial charge in [-0.1, -0.05) is 31.4 Å². The third-order valence-corrected chi connectivity index (χ3v) is 8.79. The Balaban J connectivity index is 1.54. The molecule has 200 valence electrons. The third-order valence-electron chi connectivity index (χ3n) is 7.69. The van der Waals surface area contributed by atoms with Crippen LogP contribution in [0.5, 0.6) is 0 Å². The van der Waals surface area contributed by atoms with Crippen molar-refractivity contribution in [3.8, 4) is 21.8 Å². The number of H-pyrrole nitrogens is 1. The first-order valence-electron chi connectivity index (χ1n) is 13.3. The van der Waals surface area contributed by atoms with Crippen LogP contribution in [0.2, 0.25) is 0 Å². The summed E-state index contributed by atoms with van der Waals surface area (Å²) in [6, 6.07) is 13.6. The Morgan fingerprint density at radius 2 is 1.85 bits per heavy atom. The van der Waals surface area contributed by atoms with E-state index in [-0.39, 0.29) is 10.6 Å². The fraction of sp³-hybridized carbons (Fsp3) is 0.333. The molecule has 9 heteroatoms. The number of nitrogens with zero attached hydrogens (tertiary/aromatic N) is 3. The molecule has 1 aliphatic carbocycles. The monoisotopic (exact) mass is 542 g/mol. The van der Waals surface area contributed by atoms with Gasteiger partial charge in [0.25, 0.3) is 5.69 Å². The lowest BCUT2D eigenvalue weighted by atomic mass is 9.81. The molecule has 3 heterocycles. The number of aromatic amines is 1. The van der Waals surface area contributed by atoms with Gasteiger partial charge in [-0.15, -0.1) is 11.3 Å². The van der Waals surface area contributed by atoms with Crippen molar-refractivity contribution in [2.75, 3.05) is 7.11 Å². The molecule has 0 aliphatic heterocycles. The van der Waals surface area contributed by atoms with Crippen LogP contribution < -0.4 is 0 Å². The zero-order valence-corrected chi connectivity index (χ0v) is 23.1. The number of aryl methyl sites for hydroxylation is 2. The molecule has 2 aromatic carbocycles. The van der Waals surface area contributed by atoms with E-state index in [1.54, 1.807) is 11.3 Å². The van der Waals surface area contributed by atoms with Crippen LogP contribution in [0.15, 0.2) is 42.5 Å². The number of aromatic nitrogens is 3. The van der Waals surface area contributed by atoms with E-state index in [2.05, 4.69) is 16.0 Å². The van der Waals surface area contributed by atoms with E-state index in [4.69, 9.17) is 14.8 Å². The van der Waals surface area contributed by atoms with E-state index in [1.165, 1.54) is 31.9 Å². The number of nitrogens with one attached hydrogen (secondary N) is 1.